The zero-order chi connectivity index (χ0) is 15.2. The molecular formula is C16H23N3O2. The van der Waals surface area contributed by atoms with Crippen molar-refractivity contribution in [3.63, 3.8) is 0 Å². The molecule has 1 heterocycles. The van der Waals surface area contributed by atoms with Gasteiger partial charge in [0.15, 0.2) is 0 Å². The van der Waals surface area contributed by atoms with Gasteiger partial charge in [-0.25, -0.2) is 0 Å². The number of nitrogens with zero attached hydrogens (tertiary/aromatic N) is 1. The van der Waals surface area contributed by atoms with Crippen LogP contribution in [0.15, 0.2) is 18.2 Å². The smallest absolute Gasteiger partial charge is 0.239 e. The van der Waals surface area contributed by atoms with Crippen LogP contribution < -0.4 is 15.5 Å². The molecule has 0 unspecified atom stereocenters. The first kappa shape index (κ1) is 15.4. The van der Waals surface area contributed by atoms with Gasteiger partial charge >= 0.3 is 0 Å². The summed E-state index contributed by atoms with van der Waals surface area (Å²) in [5.74, 6) is -0.268. The zero-order valence-electron chi connectivity index (χ0n) is 12.7. The number of carbonyl (C=O) groups is 2. The van der Waals surface area contributed by atoms with Gasteiger partial charge in [0.05, 0.1) is 13.1 Å². The maximum Gasteiger partial charge on any atom is 0.239 e. The van der Waals surface area contributed by atoms with E-state index in [1.54, 1.807) is 0 Å². The highest BCUT2D eigenvalue weighted by Gasteiger charge is 2.19. The predicted molar refractivity (Wildman–Crippen MR) is 83.4 cm³/mol. The van der Waals surface area contributed by atoms with Gasteiger partial charge in [0.2, 0.25) is 11.8 Å². The maximum atomic E-state index is 12.0. The molecule has 0 aromatic heterocycles. The number of anilines is 1. The van der Waals surface area contributed by atoms with E-state index in [1.807, 2.05) is 6.92 Å². The van der Waals surface area contributed by atoms with E-state index in [-0.39, 0.29) is 18.4 Å². The van der Waals surface area contributed by atoms with Crippen molar-refractivity contribution in [3.05, 3.63) is 29.3 Å². The zero-order valence-corrected chi connectivity index (χ0v) is 12.7. The van der Waals surface area contributed by atoms with Crippen molar-refractivity contribution in [2.45, 2.75) is 26.7 Å². The van der Waals surface area contributed by atoms with Crippen LogP contribution in [0.5, 0.6) is 0 Å². The fourth-order valence-corrected chi connectivity index (χ4v) is 2.64. The van der Waals surface area contributed by atoms with E-state index in [4.69, 9.17) is 0 Å². The maximum absolute atomic E-state index is 12.0. The molecule has 0 fully saturated rings. The number of carbonyl (C=O) groups excluding carboxylic acids is 2. The molecule has 0 saturated heterocycles. The number of fused-ring (bicyclic) bond motifs is 1. The fraction of sp³-hybridized carbons (Fsp3) is 0.500. The Balaban J connectivity index is 1.92. The standard InChI is InChI=1S/C16H23N3O2/c1-3-17-15(20)10-18-16(21)11-19-8-4-5-13-9-12(2)6-7-14(13)19/h6-7,9H,3-5,8,10-11H2,1-2H3,(H,17,20)(H,18,21). The van der Waals surface area contributed by atoms with Gasteiger partial charge in [-0.3, -0.25) is 9.59 Å². The lowest BCUT2D eigenvalue weighted by Gasteiger charge is -2.31. The number of nitrogens with one attached hydrogen (secondary N) is 2. The summed E-state index contributed by atoms with van der Waals surface area (Å²) in [6.45, 7) is 5.74. The topological polar surface area (TPSA) is 61.4 Å². The molecule has 1 aliphatic heterocycles. The van der Waals surface area contributed by atoms with Crippen LogP contribution in [0.25, 0.3) is 0 Å². The Hall–Kier alpha value is -2.04. The highest BCUT2D eigenvalue weighted by atomic mass is 16.2. The Bertz CT molecular complexity index is 528. The Morgan fingerprint density at radius 1 is 1.24 bits per heavy atom. The average molecular weight is 289 g/mol. The second-order valence-corrected chi connectivity index (χ2v) is 5.39. The summed E-state index contributed by atoms with van der Waals surface area (Å²) in [6.07, 6.45) is 2.12. The number of aryl methyl sites for hydroxylation is 2. The molecule has 0 spiro atoms. The third-order valence-electron chi connectivity index (χ3n) is 3.60. The fourth-order valence-electron chi connectivity index (χ4n) is 2.64. The second-order valence-electron chi connectivity index (χ2n) is 5.39. The lowest BCUT2D eigenvalue weighted by molar-refractivity contribution is -0.125. The summed E-state index contributed by atoms with van der Waals surface area (Å²) in [6, 6.07) is 6.35. The molecule has 2 N–H and O–H groups in total. The van der Waals surface area contributed by atoms with Gasteiger partial charge in [-0.2, -0.15) is 0 Å². The van der Waals surface area contributed by atoms with E-state index in [1.165, 1.54) is 11.1 Å². The summed E-state index contributed by atoms with van der Waals surface area (Å²) in [5.41, 5.74) is 3.69. The highest BCUT2D eigenvalue weighted by Crippen LogP contribution is 2.27. The van der Waals surface area contributed by atoms with Gasteiger partial charge in [-0.15, -0.1) is 0 Å². The van der Waals surface area contributed by atoms with Crippen molar-refractivity contribution in [3.8, 4) is 0 Å². The number of hydrogen-bond acceptors (Lipinski definition) is 3. The molecule has 0 radical (unpaired) electrons. The van der Waals surface area contributed by atoms with Gasteiger partial charge in [-0.05, 0) is 38.3 Å². The molecule has 0 bridgehead atoms. The summed E-state index contributed by atoms with van der Waals surface area (Å²) >= 11 is 0. The van der Waals surface area contributed by atoms with Crippen LogP contribution in [0.1, 0.15) is 24.5 Å². The lowest BCUT2D eigenvalue weighted by atomic mass is 9.99. The first-order valence-electron chi connectivity index (χ1n) is 7.48. The minimum Gasteiger partial charge on any atom is -0.362 e. The minimum absolute atomic E-state index is 0.0429. The molecule has 21 heavy (non-hydrogen) atoms. The SMILES string of the molecule is CCNC(=O)CNC(=O)CN1CCCc2cc(C)ccc21. The van der Waals surface area contributed by atoms with Crippen LogP contribution in [0.4, 0.5) is 5.69 Å². The van der Waals surface area contributed by atoms with Crippen LogP contribution in [0.2, 0.25) is 0 Å². The first-order chi connectivity index (χ1) is 10.1. The molecule has 5 heteroatoms. The van der Waals surface area contributed by atoms with Gasteiger partial charge in [0, 0.05) is 18.8 Å². The van der Waals surface area contributed by atoms with Gasteiger partial charge < -0.3 is 15.5 Å². The molecular weight excluding hydrogens is 266 g/mol. The molecule has 1 aromatic rings. The normalized spacial score (nSPS) is 13.5. The second kappa shape index (κ2) is 7.11. The van der Waals surface area contributed by atoms with Crippen molar-refractivity contribution >= 4 is 17.5 Å². The number of likely N-dealkylation sites (N-methyl/N-ethyl adjacent to an activating group) is 1. The number of rotatable bonds is 5. The molecule has 0 atom stereocenters. The molecule has 2 amide bonds. The van der Waals surface area contributed by atoms with Gasteiger partial charge in [0.25, 0.3) is 0 Å². The molecule has 2 rings (SSSR count). The summed E-state index contributed by atoms with van der Waals surface area (Å²) in [4.78, 5) is 25.4. The molecule has 0 saturated carbocycles. The van der Waals surface area contributed by atoms with Crippen molar-refractivity contribution < 1.29 is 9.59 Å². The lowest BCUT2D eigenvalue weighted by Crippen LogP contribution is -2.43. The average Bonchev–Trinajstić information content (AvgIpc) is 2.45. The van der Waals surface area contributed by atoms with E-state index in [0.29, 0.717) is 13.1 Å². The van der Waals surface area contributed by atoms with E-state index >= 15 is 0 Å². The molecule has 1 aliphatic rings. The molecule has 1 aromatic carbocycles. The largest absolute Gasteiger partial charge is 0.362 e. The van der Waals surface area contributed by atoms with Gasteiger partial charge in [0.1, 0.15) is 0 Å². The Labute approximate surface area is 125 Å². The highest BCUT2D eigenvalue weighted by molar-refractivity contribution is 5.87. The van der Waals surface area contributed by atoms with Crippen LogP contribution in [0.3, 0.4) is 0 Å². The van der Waals surface area contributed by atoms with Crippen LogP contribution in [-0.2, 0) is 16.0 Å². The van der Waals surface area contributed by atoms with Crippen LogP contribution in [0, 0.1) is 6.92 Å². The van der Waals surface area contributed by atoms with Crippen molar-refractivity contribution in [1.82, 2.24) is 10.6 Å². The third-order valence-corrected chi connectivity index (χ3v) is 3.60. The number of amides is 2. The third kappa shape index (κ3) is 4.21. The minimum atomic E-state index is -0.152. The van der Waals surface area contributed by atoms with Crippen molar-refractivity contribution in [2.75, 3.05) is 31.1 Å². The van der Waals surface area contributed by atoms with E-state index in [9.17, 15) is 9.59 Å². The van der Waals surface area contributed by atoms with Crippen LogP contribution in [-0.4, -0.2) is 38.0 Å². The summed E-state index contributed by atoms with van der Waals surface area (Å²) in [7, 11) is 0. The Kier molecular flexibility index (Phi) is 5.20. The van der Waals surface area contributed by atoms with E-state index in [0.717, 1.165) is 25.1 Å². The molecule has 0 aliphatic carbocycles. The predicted octanol–water partition coefficient (Wildman–Crippen LogP) is 1.000. The quantitative estimate of drug-likeness (QED) is 0.850. The molecule has 5 nitrogen and oxygen atoms in total. The summed E-state index contributed by atoms with van der Waals surface area (Å²) < 4.78 is 0. The molecule has 114 valence electrons. The Morgan fingerprint density at radius 2 is 2.05 bits per heavy atom. The monoisotopic (exact) mass is 289 g/mol. The first-order valence-corrected chi connectivity index (χ1v) is 7.48. The van der Waals surface area contributed by atoms with Crippen molar-refractivity contribution in [1.29, 1.82) is 0 Å². The van der Waals surface area contributed by atoms with E-state index < -0.39 is 0 Å². The summed E-state index contributed by atoms with van der Waals surface area (Å²) in [5, 5.41) is 5.32. The van der Waals surface area contributed by atoms with Crippen molar-refractivity contribution in [2.24, 2.45) is 0 Å². The van der Waals surface area contributed by atoms with Crippen LogP contribution >= 0.6 is 0 Å². The van der Waals surface area contributed by atoms with Gasteiger partial charge in [-0.1, -0.05) is 17.7 Å². The number of benzene rings is 1. The van der Waals surface area contributed by atoms with E-state index in [2.05, 4.69) is 40.7 Å². The Morgan fingerprint density at radius 3 is 2.81 bits per heavy atom. The number of hydrogen-bond donors (Lipinski definition) is 2.